The van der Waals surface area contributed by atoms with Crippen molar-refractivity contribution < 1.29 is 22.7 Å². The lowest BCUT2D eigenvalue weighted by molar-refractivity contribution is -0.0189. The fourth-order valence-electron chi connectivity index (χ4n) is 5.24. The zero-order chi connectivity index (χ0) is 28.5. The van der Waals surface area contributed by atoms with Gasteiger partial charge in [-0.2, -0.15) is 0 Å². The van der Waals surface area contributed by atoms with Gasteiger partial charge in [-0.3, -0.25) is 0 Å². The molecular weight excluding hydrogens is 518 g/mol. The first-order valence-electron chi connectivity index (χ1n) is 13.0. The molecule has 4 atom stereocenters. The van der Waals surface area contributed by atoms with Crippen molar-refractivity contribution in [1.29, 1.82) is 0 Å². The number of hydrogen-bond acceptors (Lipinski definition) is 10. The zero-order valence-electron chi connectivity index (χ0n) is 23.3. The number of fused-ring (bicyclic) bond motifs is 2. The predicted octanol–water partition coefficient (Wildman–Crippen LogP) is 4.22. The van der Waals surface area contributed by atoms with Crippen LogP contribution >= 0.6 is 0 Å². The Morgan fingerprint density at radius 2 is 1.85 bits per heavy atom. The van der Waals surface area contributed by atoms with E-state index in [1.54, 1.807) is 24.5 Å². The Hall–Kier alpha value is -3.31. The quantitative estimate of drug-likeness (QED) is 0.425. The Labute approximate surface area is 228 Å². The van der Waals surface area contributed by atoms with E-state index in [2.05, 4.69) is 15.3 Å². The molecule has 1 aliphatic heterocycles. The molecule has 1 fully saturated rings. The van der Waals surface area contributed by atoms with Crippen molar-refractivity contribution in [3.05, 3.63) is 47.4 Å². The van der Waals surface area contributed by atoms with Gasteiger partial charge < -0.3 is 20.5 Å². The first-order chi connectivity index (χ1) is 18.1. The number of carbonyl (C=O) groups is 1. The van der Waals surface area contributed by atoms with Gasteiger partial charge >= 0.3 is 5.97 Å². The Morgan fingerprint density at radius 3 is 2.49 bits per heavy atom. The van der Waals surface area contributed by atoms with Crippen molar-refractivity contribution >= 4 is 38.2 Å². The summed E-state index contributed by atoms with van der Waals surface area (Å²) < 4.78 is 35.8. The maximum absolute atomic E-state index is 12.5. The number of nitrogens with two attached hydrogens (primary N) is 1. The van der Waals surface area contributed by atoms with E-state index in [-0.39, 0.29) is 23.9 Å². The standard InChI is InChI=1S/C28H35N5O5S/c1-14-20(11-21(14)39(7,35)36)37-25-18-12-30-23(10-17(18)19(13-31-25)27(3,4)29)32-22-9-8-16-24(33-22)15(2)28(5,6)38-26(16)34/h8-10,12-15,20-21H,11,29H2,1-7H3,(H,30,32,33)/t14-,15-,20+,21-/m1/s1. The van der Waals surface area contributed by atoms with Crippen LogP contribution in [0.2, 0.25) is 0 Å². The first-order valence-corrected chi connectivity index (χ1v) is 15.0. The van der Waals surface area contributed by atoms with Crippen LogP contribution in [0.15, 0.2) is 30.6 Å². The molecule has 0 bridgehead atoms. The molecule has 1 aliphatic carbocycles. The molecule has 0 amide bonds. The SMILES string of the molecule is C[C@@H]1[C@@H](Oc2ncc(C(C)(C)N)c3cc(Nc4ccc5c(n4)[C@@H](C)C(C)(C)OC5=O)ncc23)C[C@H]1S(C)(=O)=O. The lowest BCUT2D eigenvalue weighted by Gasteiger charge is -2.40. The molecule has 208 valence electrons. The average molecular weight is 554 g/mol. The molecule has 3 aromatic rings. The largest absolute Gasteiger partial charge is 0.473 e. The summed E-state index contributed by atoms with van der Waals surface area (Å²) in [7, 11) is -3.13. The summed E-state index contributed by atoms with van der Waals surface area (Å²) in [5, 5.41) is 4.34. The van der Waals surface area contributed by atoms with Gasteiger partial charge in [-0.15, -0.1) is 0 Å². The fourth-order valence-corrected chi connectivity index (χ4v) is 6.74. The molecule has 0 unspecified atom stereocenters. The van der Waals surface area contributed by atoms with Crippen molar-refractivity contribution in [1.82, 2.24) is 15.0 Å². The number of sulfone groups is 1. The van der Waals surface area contributed by atoms with Crippen LogP contribution < -0.4 is 15.8 Å². The minimum atomic E-state index is -3.13. The van der Waals surface area contributed by atoms with Crippen LogP contribution in [0.4, 0.5) is 11.6 Å². The summed E-state index contributed by atoms with van der Waals surface area (Å²) in [4.78, 5) is 26.3. The number of aromatic nitrogens is 3. The molecule has 4 heterocycles. The van der Waals surface area contributed by atoms with E-state index in [0.29, 0.717) is 40.6 Å². The Morgan fingerprint density at radius 1 is 1.13 bits per heavy atom. The van der Waals surface area contributed by atoms with Crippen LogP contribution in [0.3, 0.4) is 0 Å². The number of rotatable bonds is 6. The van der Waals surface area contributed by atoms with Crippen molar-refractivity contribution in [2.24, 2.45) is 11.7 Å². The molecule has 3 aromatic heterocycles. The fraction of sp³-hybridized carbons (Fsp3) is 0.500. The molecule has 5 rings (SSSR count). The van der Waals surface area contributed by atoms with Crippen LogP contribution in [0, 0.1) is 5.92 Å². The summed E-state index contributed by atoms with van der Waals surface area (Å²) in [5.41, 5.74) is 7.07. The molecule has 10 nitrogen and oxygen atoms in total. The van der Waals surface area contributed by atoms with Gasteiger partial charge in [0.05, 0.1) is 21.9 Å². The third-order valence-corrected chi connectivity index (χ3v) is 9.81. The lowest BCUT2D eigenvalue weighted by Crippen LogP contribution is -2.51. The number of nitrogens with zero attached hydrogens (tertiary/aromatic N) is 3. The van der Waals surface area contributed by atoms with Crippen molar-refractivity contribution in [2.75, 3.05) is 11.6 Å². The molecule has 0 aromatic carbocycles. The number of ether oxygens (including phenoxy) is 2. The van der Waals surface area contributed by atoms with E-state index in [4.69, 9.17) is 20.2 Å². The molecule has 3 N–H and O–H groups in total. The second-order valence-electron chi connectivity index (χ2n) is 11.9. The van der Waals surface area contributed by atoms with Crippen LogP contribution in [-0.4, -0.2) is 52.5 Å². The molecule has 11 heteroatoms. The third kappa shape index (κ3) is 4.93. The molecular formula is C28H35N5O5S. The van der Waals surface area contributed by atoms with Crippen LogP contribution in [0.25, 0.3) is 10.8 Å². The van der Waals surface area contributed by atoms with E-state index < -0.39 is 26.2 Å². The van der Waals surface area contributed by atoms with E-state index >= 15 is 0 Å². The van der Waals surface area contributed by atoms with E-state index in [1.165, 1.54) is 6.26 Å². The summed E-state index contributed by atoms with van der Waals surface area (Å²) >= 11 is 0. The molecule has 1 saturated carbocycles. The highest BCUT2D eigenvalue weighted by atomic mass is 32.2. The second kappa shape index (κ2) is 9.12. The van der Waals surface area contributed by atoms with Gasteiger partial charge in [0.25, 0.3) is 0 Å². The number of hydrogen-bond donors (Lipinski definition) is 2. The van der Waals surface area contributed by atoms with Crippen molar-refractivity contribution in [3.8, 4) is 5.88 Å². The summed E-state index contributed by atoms with van der Waals surface area (Å²) in [6.45, 7) is 11.4. The average Bonchev–Trinajstić information content (AvgIpc) is 2.82. The smallest absolute Gasteiger partial charge is 0.340 e. The molecule has 0 saturated heterocycles. The van der Waals surface area contributed by atoms with Gasteiger partial charge in [0, 0.05) is 42.4 Å². The molecule has 0 radical (unpaired) electrons. The van der Waals surface area contributed by atoms with E-state index in [1.807, 2.05) is 47.6 Å². The summed E-state index contributed by atoms with van der Waals surface area (Å²) in [5.74, 6) is 0.861. The van der Waals surface area contributed by atoms with Gasteiger partial charge in [-0.05, 0) is 56.8 Å². The predicted molar refractivity (Wildman–Crippen MR) is 149 cm³/mol. The third-order valence-electron chi connectivity index (χ3n) is 8.09. The zero-order valence-corrected chi connectivity index (χ0v) is 24.1. The van der Waals surface area contributed by atoms with Crippen LogP contribution in [0.5, 0.6) is 5.88 Å². The Kier molecular flexibility index (Phi) is 6.38. The van der Waals surface area contributed by atoms with E-state index in [0.717, 1.165) is 10.9 Å². The number of esters is 1. The van der Waals surface area contributed by atoms with Crippen LogP contribution in [-0.2, 0) is 20.1 Å². The lowest BCUT2D eigenvalue weighted by atomic mass is 9.82. The highest BCUT2D eigenvalue weighted by molar-refractivity contribution is 7.91. The normalized spacial score (nSPS) is 24.5. The van der Waals surface area contributed by atoms with Gasteiger partial charge in [0.15, 0.2) is 9.84 Å². The highest BCUT2D eigenvalue weighted by Gasteiger charge is 2.46. The highest BCUT2D eigenvalue weighted by Crippen LogP contribution is 2.40. The first kappa shape index (κ1) is 27.3. The van der Waals surface area contributed by atoms with Gasteiger partial charge in [0.1, 0.15) is 23.3 Å². The van der Waals surface area contributed by atoms with E-state index in [9.17, 15) is 13.2 Å². The second-order valence-corrected chi connectivity index (χ2v) is 14.2. The van der Waals surface area contributed by atoms with Gasteiger partial charge in [0.2, 0.25) is 5.88 Å². The summed E-state index contributed by atoms with van der Waals surface area (Å²) in [6.07, 6.45) is 4.80. The number of pyridine rings is 3. The maximum Gasteiger partial charge on any atom is 0.340 e. The van der Waals surface area contributed by atoms with Gasteiger partial charge in [-0.25, -0.2) is 28.2 Å². The number of cyclic esters (lactones) is 1. The van der Waals surface area contributed by atoms with Gasteiger partial charge in [-0.1, -0.05) is 13.8 Å². The summed E-state index contributed by atoms with van der Waals surface area (Å²) in [6, 6.07) is 5.32. The van der Waals surface area contributed by atoms with Crippen molar-refractivity contribution in [2.45, 2.75) is 76.4 Å². The monoisotopic (exact) mass is 553 g/mol. The molecule has 0 spiro atoms. The number of carbonyl (C=O) groups excluding carboxylic acids is 1. The minimum absolute atomic E-state index is 0.0943. The van der Waals surface area contributed by atoms with Crippen molar-refractivity contribution in [3.63, 3.8) is 0 Å². The topological polar surface area (TPSA) is 146 Å². The Balaban J connectivity index is 1.48. The minimum Gasteiger partial charge on any atom is -0.473 e. The molecule has 39 heavy (non-hydrogen) atoms. The molecule has 2 aliphatic rings. The van der Waals surface area contributed by atoms with Crippen LogP contribution in [0.1, 0.15) is 75.5 Å². The maximum atomic E-state index is 12.5. The number of nitrogens with one attached hydrogen (secondary N) is 1. The number of anilines is 2. The Bertz CT molecular complexity index is 1580.